The van der Waals surface area contributed by atoms with Crippen LogP contribution in [0.15, 0.2) is 84.9 Å². The number of para-hydroxylation sites is 1. The summed E-state index contributed by atoms with van der Waals surface area (Å²) in [6, 6.07) is 25.4. The molecular weight excluding hydrogens is 531 g/mol. The third-order valence-corrected chi connectivity index (χ3v) is 7.40. The predicted octanol–water partition coefficient (Wildman–Crippen LogP) is 7.15. The van der Waals surface area contributed by atoms with E-state index in [1.807, 2.05) is 36.4 Å². The number of aromatic carboxylic acids is 1. The zero-order chi connectivity index (χ0) is 27.6. The highest BCUT2D eigenvalue weighted by atomic mass is 35.5. The minimum absolute atomic E-state index is 0.0859. The molecule has 1 N–H and O–H groups in total. The first-order chi connectivity index (χ1) is 19.4. The van der Waals surface area contributed by atoms with E-state index in [0.717, 1.165) is 46.6 Å². The zero-order valence-corrected chi connectivity index (χ0v) is 22.3. The smallest absolute Gasteiger partial charge is 0.335 e. The summed E-state index contributed by atoms with van der Waals surface area (Å²) in [4.78, 5) is 16.4. The van der Waals surface area contributed by atoms with Crippen LogP contribution in [0.4, 0.5) is 4.39 Å². The van der Waals surface area contributed by atoms with Crippen LogP contribution in [0, 0.1) is 5.82 Å². The number of hydrogen-bond acceptors (Lipinski definition) is 4. The van der Waals surface area contributed by atoms with E-state index in [4.69, 9.17) is 26.1 Å². The van der Waals surface area contributed by atoms with Gasteiger partial charge in [0.15, 0.2) is 0 Å². The van der Waals surface area contributed by atoms with Gasteiger partial charge < -0.3 is 19.1 Å². The molecule has 1 aliphatic heterocycles. The van der Waals surface area contributed by atoms with Gasteiger partial charge in [0.1, 0.15) is 24.0 Å². The quantitative estimate of drug-likeness (QED) is 0.209. The Morgan fingerprint density at radius 1 is 1.07 bits per heavy atom. The summed E-state index contributed by atoms with van der Waals surface area (Å²) in [6.07, 6.45) is 1.65. The molecule has 5 aromatic rings. The molecule has 0 aliphatic carbocycles. The molecule has 6 nitrogen and oxygen atoms in total. The molecule has 4 aromatic carbocycles. The van der Waals surface area contributed by atoms with E-state index in [2.05, 4.69) is 16.7 Å². The van der Waals surface area contributed by atoms with Gasteiger partial charge in [-0.1, -0.05) is 60.1 Å². The van der Waals surface area contributed by atoms with Crippen molar-refractivity contribution in [3.8, 4) is 16.9 Å². The molecule has 40 heavy (non-hydrogen) atoms. The topological polar surface area (TPSA) is 73.6 Å². The molecule has 0 saturated carbocycles. The Hall–Kier alpha value is -4.20. The Balaban J connectivity index is 1.24. The maximum absolute atomic E-state index is 14.2. The summed E-state index contributed by atoms with van der Waals surface area (Å²) >= 11 is 5.87. The second-order valence-electron chi connectivity index (χ2n) is 9.82. The van der Waals surface area contributed by atoms with Crippen molar-refractivity contribution in [1.82, 2.24) is 9.55 Å². The Morgan fingerprint density at radius 3 is 2.60 bits per heavy atom. The fourth-order valence-corrected chi connectivity index (χ4v) is 5.05. The largest absolute Gasteiger partial charge is 0.488 e. The third kappa shape index (κ3) is 5.43. The average Bonchev–Trinajstić information content (AvgIpc) is 3.26. The minimum atomic E-state index is -0.964. The lowest BCUT2D eigenvalue weighted by Crippen LogP contribution is -2.31. The highest BCUT2D eigenvalue weighted by Gasteiger charge is 2.22. The van der Waals surface area contributed by atoms with E-state index < -0.39 is 11.8 Å². The molecule has 8 heteroatoms. The van der Waals surface area contributed by atoms with E-state index >= 15 is 0 Å². The third-order valence-electron chi connectivity index (χ3n) is 7.17. The van der Waals surface area contributed by atoms with Gasteiger partial charge in [-0.25, -0.2) is 14.2 Å². The van der Waals surface area contributed by atoms with Crippen LogP contribution < -0.4 is 4.74 Å². The van der Waals surface area contributed by atoms with Gasteiger partial charge in [-0.05, 0) is 53.9 Å². The number of nitrogens with zero attached hydrogens (tertiary/aromatic N) is 2. The van der Waals surface area contributed by atoms with Crippen molar-refractivity contribution in [2.75, 3.05) is 6.61 Å². The fraction of sp³-hybridized carbons (Fsp3) is 0.188. The first kappa shape index (κ1) is 26.0. The van der Waals surface area contributed by atoms with E-state index in [-0.39, 0.29) is 18.3 Å². The van der Waals surface area contributed by atoms with Crippen molar-refractivity contribution in [2.45, 2.75) is 32.1 Å². The van der Waals surface area contributed by atoms with Crippen LogP contribution in [0.2, 0.25) is 5.02 Å². The number of hydrogen-bond donors (Lipinski definition) is 1. The van der Waals surface area contributed by atoms with E-state index in [0.29, 0.717) is 29.3 Å². The number of ether oxygens (including phenoxy) is 2. The lowest BCUT2D eigenvalue weighted by atomic mass is 10.0. The van der Waals surface area contributed by atoms with Crippen LogP contribution in [0.5, 0.6) is 5.75 Å². The zero-order valence-electron chi connectivity index (χ0n) is 21.5. The van der Waals surface area contributed by atoms with Crippen LogP contribution in [-0.2, 0) is 24.3 Å². The molecular formula is C32H26ClFN2O4. The lowest BCUT2D eigenvalue weighted by molar-refractivity contribution is -0.0589. The second-order valence-corrected chi connectivity index (χ2v) is 10.3. The van der Waals surface area contributed by atoms with Crippen molar-refractivity contribution in [1.29, 1.82) is 0 Å². The summed E-state index contributed by atoms with van der Waals surface area (Å²) in [5.74, 6) is 0.147. The Morgan fingerprint density at radius 2 is 1.88 bits per heavy atom. The molecule has 1 aromatic heterocycles. The monoisotopic (exact) mass is 556 g/mol. The first-order valence-corrected chi connectivity index (χ1v) is 13.4. The molecule has 0 radical (unpaired) electrons. The van der Waals surface area contributed by atoms with E-state index in [9.17, 15) is 14.3 Å². The summed E-state index contributed by atoms with van der Waals surface area (Å²) in [5.41, 5.74) is 5.16. The van der Waals surface area contributed by atoms with Crippen molar-refractivity contribution in [3.05, 3.63) is 118 Å². The molecule has 1 atom stereocenters. The van der Waals surface area contributed by atoms with E-state index in [1.54, 1.807) is 30.3 Å². The Bertz CT molecular complexity index is 1700. The highest BCUT2D eigenvalue weighted by Crippen LogP contribution is 2.32. The number of carboxylic acids is 1. The molecule has 202 valence electrons. The summed E-state index contributed by atoms with van der Waals surface area (Å²) in [6.45, 7) is 1.46. The Kier molecular flexibility index (Phi) is 7.24. The SMILES string of the molecule is O=C(O)c1ccc2nc(Cc3ccc(-c4ccccc4OCc4ccc(Cl)cc4F)cc3)n(C[C@@H]3CCO3)c2c1. The van der Waals surface area contributed by atoms with Gasteiger partial charge >= 0.3 is 5.97 Å². The number of imidazole rings is 1. The molecule has 0 unspecified atom stereocenters. The molecule has 1 aliphatic rings. The van der Waals surface area contributed by atoms with Crippen LogP contribution >= 0.6 is 11.6 Å². The highest BCUT2D eigenvalue weighted by molar-refractivity contribution is 6.30. The second kappa shape index (κ2) is 11.1. The average molecular weight is 557 g/mol. The van der Waals surface area contributed by atoms with Crippen LogP contribution in [0.3, 0.4) is 0 Å². The number of aromatic nitrogens is 2. The Labute approximate surface area is 235 Å². The summed E-state index contributed by atoms with van der Waals surface area (Å²) in [5, 5.41) is 9.83. The molecule has 0 amide bonds. The molecule has 1 fully saturated rings. The van der Waals surface area contributed by atoms with Crippen LogP contribution in [-0.4, -0.2) is 33.3 Å². The standard InChI is InChI=1S/C32H26ClFN2O4/c33-24-11-9-23(27(34)17-24)19-40-30-4-2-1-3-26(30)21-7-5-20(6-8-21)15-31-35-28-12-10-22(32(37)38)16-29(28)36(31)18-25-13-14-39-25/h1-12,16-17,25H,13-15,18-19H2,(H,37,38)/t25-/m0/s1. The van der Waals surface area contributed by atoms with Crippen LogP contribution in [0.1, 0.15) is 33.7 Å². The number of halogens is 2. The summed E-state index contributed by atoms with van der Waals surface area (Å²) < 4.78 is 28.0. The number of benzene rings is 4. The lowest BCUT2D eigenvalue weighted by Gasteiger charge is -2.27. The number of fused-ring (bicyclic) bond motifs is 1. The normalized spacial score (nSPS) is 14.7. The number of carbonyl (C=O) groups is 1. The van der Waals surface area contributed by atoms with Crippen molar-refractivity contribution in [2.24, 2.45) is 0 Å². The van der Waals surface area contributed by atoms with Crippen molar-refractivity contribution < 1.29 is 23.8 Å². The van der Waals surface area contributed by atoms with Gasteiger partial charge in [-0.2, -0.15) is 0 Å². The predicted molar refractivity (Wildman–Crippen MR) is 151 cm³/mol. The van der Waals surface area contributed by atoms with Gasteiger partial charge in [-0.15, -0.1) is 0 Å². The van der Waals surface area contributed by atoms with Gasteiger partial charge in [-0.3, -0.25) is 0 Å². The van der Waals surface area contributed by atoms with Crippen LogP contribution in [0.25, 0.3) is 22.2 Å². The summed E-state index contributed by atoms with van der Waals surface area (Å²) in [7, 11) is 0. The van der Waals surface area contributed by atoms with Gasteiger partial charge in [0.2, 0.25) is 0 Å². The van der Waals surface area contributed by atoms with Crippen molar-refractivity contribution in [3.63, 3.8) is 0 Å². The maximum Gasteiger partial charge on any atom is 0.335 e. The minimum Gasteiger partial charge on any atom is -0.488 e. The van der Waals surface area contributed by atoms with Crippen molar-refractivity contribution >= 4 is 28.6 Å². The first-order valence-electron chi connectivity index (χ1n) is 13.0. The molecule has 0 bridgehead atoms. The molecule has 0 spiro atoms. The van der Waals surface area contributed by atoms with Gasteiger partial charge in [0.25, 0.3) is 0 Å². The number of carboxylic acid groups (broad SMARTS) is 1. The molecule has 2 heterocycles. The molecule has 1 saturated heterocycles. The fourth-order valence-electron chi connectivity index (χ4n) is 4.89. The number of rotatable bonds is 9. The van der Waals surface area contributed by atoms with Gasteiger partial charge in [0.05, 0.1) is 29.2 Å². The molecule has 6 rings (SSSR count). The van der Waals surface area contributed by atoms with E-state index in [1.165, 1.54) is 6.07 Å². The van der Waals surface area contributed by atoms with Gasteiger partial charge in [0, 0.05) is 29.2 Å². The maximum atomic E-state index is 14.2.